The topological polar surface area (TPSA) is 51.2 Å². The highest BCUT2D eigenvalue weighted by Gasteiger charge is 2.37. The van der Waals surface area contributed by atoms with Crippen LogP contribution in [0, 0.1) is 0 Å². The molecule has 0 spiro atoms. The minimum Gasteiger partial charge on any atom is -0.468 e. The fourth-order valence-corrected chi connectivity index (χ4v) is 3.52. The summed E-state index contributed by atoms with van der Waals surface area (Å²) in [5.74, 6) is 2.12. The van der Waals surface area contributed by atoms with Gasteiger partial charge >= 0.3 is 0 Å². The Bertz CT molecular complexity index is 944. The summed E-state index contributed by atoms with van der Waals surface area (Å²) in [6, 6.07) is 23.0. The van der Waals surface area contributed by atoms with Gasteiger partial charge in [-0.05, 0) is 29.8 Å². The molecule has 0 amide bonds. The van der Waals surface area contributed by atoms with Crippen molar-refractivity contribution >= 4 is 0 Å². The molecule has 0 saturated carbocycles. The minimum absolute atomic E-state index is 0.211. The first-order valence-corrected chi connectivity index (χ1v) is 8.48. The van der Waals surface area contributed by atoms with Crippen molar-refractivity contribution in [1.29, 1.82) is 0 Å². The van der Waals surface area contributed by atoms with Gasteiger partial charge in [0.25, 0.3) is 0 Å². The van der Waals surface area contributed by atoms with E-state index in [0.29, 0.717) is 11.5 Å². The lowest BCUT2D eigenvalue weighted by Crippen LogP contribution is -2.37. The van der Waals surface area contributed by atoms with Gasteiger partial charge in [0.15, 0.2) is 11.5 Å². The molecule has 0 saturated heterocycles. The van der Waals surface area contributed by atoms with E-state index >= 15 is 0 Å². The quantitative estimate of drug-likeness (QED) is 0.749. The highest BCUT2D eigenvalue weighted by molar-refractivity contribution is 5.47. The predicted molar refractivity (Wildman–Crippen MR) is 94.3 cm³/mol. The van der Waals surface area contributed by atoms with Crippen molar-refractivity contribution in [3.63, 3.8) is 0 Å². The molecular formula is C21H17NO4. The van der Waals surface area contributed by atoms with Gasteiger partial charge in [-0.3, -0.25) is 0 Å². The van der Waals surface area contributed by atoms with Crippen LogP contribution in [0.4, 0.5) is 0 Å². The van der Waals surface area contributed by atoms with E-state index in [0.717, 1.165) is 22.4 Å². The van der Waals surface area contributed by atoms with Crippen molar-refractivity contribution in [3.05, 3.63) is 89.5 Å². The van der Waals surface area contributed by atoms with Crippen LogP contribution >= 0.6 is 0 Å². The zero-order chi connectivity index (χ0) is 17.5. The van der Waals surface area contributed by atoms with Gasteiger partial charge in [-0.25, -0.2) is 0 Å². The predicted octanol–water partition coefficient (Wildman–Crippen LogP) is 4.29. The van der Waals surface area contributed by atoms with Crippen LogP contribution in [0.2, 0.25) is 0 Å². The molecule has 0 fully saturated rings. The molecule has 2 unspecified atom stereocenters. The molecule has 2 heterocycles. The third-order valence-corrected chi connectivity index (χ3v) is 4.75. The minimum atomic E-state index is -0.649. The average molecular weight is 347 g/mol. The number of benzene rings is 3. The number of nitrogens with zero attached hydrogens (tertiary/aromatic N) is 1. The molecule has 2 atom stereocenters. The Kier molecular flexibility index (Phi) is 3.55. The van der Waals surface area contributed by atoms with E-state index in [2.05, 4.69) is 0 Å². The second-order valence-corrected chi connectivity index (χ2v) is 6.31. The fraction of sp³-hybridized carbons (Fsp3) is 0.143. The Hall–Kier alpha value is -3.02. The molecule has 5 heteroatoms. The van der Waals surface area contributed by atoms with Crippen molar-refractivity contribution in [2.75, 3.05) is 6.79 Å². The van der Waals surface area contributed by atoms with Crippen molar-refractivity contribution < 1.29 is 19.4 Å². The molecule has 0 bridgehead atoms. The third kappa shape index (κ3) is 2.41. The molecule has 3 aromatic rings. The number of hydrogen-bond donors (Lipinski definition) is 1. The van der Waals surface area contributed by atoms with Crippen molar-refractivity contribution in [2.45, 2.75) is 12.3 Å². The Balaban J connectivity index is 1.60. The van der Waals surface area contributed by atoms with Crippen LogP contribution < -0.4 is 14.2 Å². The Morgan fingerprint density at radius 2 is 1.54 bits per heavy atom. The summed E-state index contributed by atoms with van der Waals surface area (Å²) in [5.41, 5.74) is 2.72. The van der Waals surface area contributed by atoms with Crippen molar-refractivity contribution in [3.8, 4) is 17.2 Å². The fourth-order valence-electron chi connectivity index (χ4n) is 3.52. The zero-order valence-corrected chi connectivity index (χ0v) is 13.9. The zero-order valence-electron chi connectivity index (χ0n) is 13.9. The van der Waals surface area contributed by atoms with Gasteiger partial charge < -0.3 is 19.4 Å². The molecule has 2 aliphatic heterocycles. The Morgan fingerprint density at radius 1 is 0.769 bits per heavy atom. The first-order valence-electron chi connectivity index (χ1n) is 8.48. The maximum atomic E-state index is 11.1. The summed E-state index contributed by atoms with van der Waals surface area (Å²) in [6.07, 6.45) is -0.649. The third-order valence-electron chi connectivity index (χ3n) is 4.75. The lowest BCUT2D eigenvalue weighted by molar-refractivity contribution is -0.220. The Labute approximate surface area is 150 Å². The number of hydrogen-bond acceptors (Lipinski definition) is 5. The molecule has 0 aromatic heterocycles. The summed E-state index contributed by atoms with van der Waals surface area (Å²) in [7, 11) is 0. The highest BCUT2D eigenvalue weighted by Crippen LogP contribution is 2.45. The molecule has 130 valence electrons. The van der Waals surface area contributed by atoms with Crippen LogP contribution in [0.1, 0.15) is 29.0 Å². The SMILES string of the molecule is ON1C(c2ccc3c(c2)OCO3)Oc2ccccc2C1c1ccccc1. The van der Waals surface area contributed by atoms with Gasteiger partial charge in [-0.1, -0.05) is 48.5 Å². The summed E-state index contributed by atoms with van der Waals surface area (Å²) in [6.45, 7) is 0.211. The number of ether oxygens (including phenoxy) is 3. The maximum absolute atomic E-state index is 11.1. The normalized spacial score (nSPS) is 21.1. The van der Waals surface area contributed by atoms with E-state index in [1.54, 1.807) is 0 Å². The highest BCUT2D eigenvalue weighted by atomic mass is 16.7. The lowest BCUT2D eigenvalue weighted by atomic mass is 9.95. The maximum Gasteiger partial charge on any atom is 0.231 e. The second kappa shape index (κ2) is 6.05. The van der Waals surface area contributed by atoms with Gasteiger partial charge in [-0.15, -0.1) is 5.06 Å². The van der Waals surface area contributed by atoms with E-state index in [-0.39, 0.29) is 12.8 Å². The molecule has 0 aliphatic carbocycles. The molecule has 0 radical (unpaired) electrons. The van der Waals surface area contributed by atoms with E-state index in [1.807, 2.05) is 72.8 Å². The number of rotatable bonds is 2. The summed E-state index contributed by atoms with van der Waals surface area (Å²) in [4.78, 5) is 0. The van der Waals surface area contributed by atoms with Gasteiger partial charge in [0.05, 0.1) is 6.04 Å². The van der Waals surface area contributed by atoms with Crippen molar-refractivity contribution in [2.24, 2.45) is 0 Å². The van der Waals surface area contributed by atoms with Gasteiger partial charge in [0.2, 0.25) is 13.0 Å². The number of para-hydroxylation sites is 1. The molecule has 2 aliphatic rings. The standard InChI is InChI=1S/C21H17NO4/c23-22-20(14-6-2-1-3-7-14)16-8-4-5-9-17(16)26-21(22)15-10-11-18-19(12-15)25-13-24-18/h1-12,20-21,23H,13H2. The first kappa shape index (κ1) is 15.3. The lowest BCUT2D eigenvalue weighted by Gasteiger charge is -2.39. The van der Waals surface area contributed by atoms with E-state index in [1.165, 1.54) is 5.06 Å². The van der Waals surface area contributed by atoms with E-state index < -0.39 is 6.23 Å². The smallest absolute Gasteiger partial charge is 0.231 e. The largest absolute Gasteiger partial charge is 0.468 e. The van der Waals surface area contributed by atoms with Gasteiger partial charge in [0.1, 0.15) is 5.75 Å². The first-order chi connectivity index (χ1) is 12.8. The number of fused-ring (bicyclic) bond motifs is 2. The summed E-state index contributed by atoms with van der Waals surface area (Å²) in [5, 5.41) is 12.3. The molecular weight excluding hydrogens is 330 g/mol. The molecule has 26 heavy (non-hydrogen) atoms. The van der Waals surface area contributed by atoms with E-state index in [9.17, 15) is 5.21 Å². The average Bonchev–Trinajstić information content (AvgIpc) is 3.16. The molecule has 3 aromatic carbocycles. The van der Waals surface area contributed by atoms with Gasteiger partial charge in [-0.2, -0.15) is 0 Å². The van der Waals surface area contributed by atoms with Crippen molar-refractivity contribution in [1.82, 2.24) is 5.06 Å². The second-order valence-electron chi connectivity index (χ2n) is 6.31. The van der Waals surface area contributed by atoms with Crippen LogP contribution in [0.3, 0.4) is 0 Å². The Morgan fingerprint density at radius 3 is 2.42 bits per heavy atom. The molecule has 1 N–H and O–H groups in total. The van der Waals surface area contributed by atoms with Crippen LogP contribution in [0.25, 0.3) is 0 Å². The van der Waals surface area contributed by atoms with Crippen LogP contribution in [0.5, 0.6) is 17.2 Å². The molecule has 5 nitrogen and oxygen atoms in total. The summed E-state index contributed by atoms with van der Waals surface area (Å²) >= 11 is 0. The van der Waals surface area contributed by atoms with Crippen LogP contribution in [0.15, 0.2) is 72.8 Å². The van der Waals surface area contributed by atoms with E-state index in [4.69, 9.17) is 14.2 Å². The number of hydroxylamine groups is 2. The van der Waals surface area contributed by atoms with Crippen LogP contribution in [-0.2, 0) is 0 Å². The summed E-state index contributed by atoms with van der Waals surface area (Å²) < 4.78 is 17.0. The molecule has 5 rings (SSSR count). The van der Waals surface area contributed by atoms with Gasteiger partial charge in [0, 0.05) is 11.1 Å². The van der Waals surface area contributed by atoms with Crippen LogP contribution in [-0.4, -0.2) is 17.1 Å². The monoisotopic (exact) mass is 347 g/mol.